The van der Waals surface area contributed by atoms with Gasteiger partial charge in [-0.15, -0.1) is 0 Å². The minimum Gasteiger partial charge on any atom is -0.452 e. The molecule has 0 unspecified atom stereocenters. The molecule has 3 nitrogen and oxygen atoms in total. The molecular weight excluding hydrogens is 250 g/mol. The van der Waals surface area contributed by atoms with Crippen LogP contribution in [0.5, 0.6) is 0 Å². The van der Waals surface area contributed by atoms with Crippen molar-refractivity contribution in [2.45, 2.75) is 39.0 Å². The first kappa shape index (κ1) is 13.5. The molecule has 1 heterocycles. The molecule has 1 N–H and O–H groups in total. The average molecular weight is 270 g/mol. The Morgan fingerprint density at radius 1 is 1.39 bits per heavy atom. The Morgan fingerprint density at radius 2 is 2.06 bits per heavy atom. The lowest BCUT2D eigenvalue weighted by atomic mass is 9.81. The van der Waals surface area contributed by atoms with Crippen LogP contribution in [0.15, 0.2) is 16.7 Å². The molecule has 4 heteroatoms. The van der Waals surface area contributed by atoms with Gasteiger partial charge < -0.3 is 9.73 Å². The lowest BCUT2D eigenvalue weighted by Crippen LogP contribution is -2.31. The van der Waals surface area contributed by atoms with Crippen molar-refractivity contribution in [1.29, 1.82) is 0 Å². The van der Waals surface area contributed by atoms with Crippen LogP contribution in [0.25, 0.3) is 0 Å². The average Bonchev–Trinajstić information content (AvgIpc) is 2.83. The molecule has 1 fully saturated rings. The maximum Gasteiger partial charge on any atom is 0.256 e. The van der Waals surface area contributed by atoms with Crippen molar-refractivity contribution in [3.63, 3.8) is 0 Å². The van der Waals surface area contributed by atoms with Crippen molar-refractivity contribution in [2.75, 3.05) is 6.54 Å². The van der Waals surface area contributed by atoms with Crippen LogP contribution in [0.4, 0.5) is 0 Å². The van der Waals surface area contributed by atoms with Crippen LogP contribution in [-0.4, -0.2) is 12.5 Å². The molecule has 18 heavy (non-hydrogen) atoms. The summed E-state index contributed by atoms with van der Waals surface area (Å²) in [6.45, 7) is 3.00. The van der Waals surface area contributed by atoms with Gasteiger partial charge in [-0.3, -0.25) is 4.79 Å². The number of nitrogens with one attached hydrogen (secondary N) is 1. The molecule has 100 valence electrons. The third-order valence-electron chi connectivity index (χ3n) is 3.96. The van der Waals surface area contributed by atoms with E-state index in [1.54, 1.807) is 6.07 Å². The van der Waals surface area contributed by atoms with Gasteiger partial charge in [-0.1, -0.05) is 26.2 Å². The summed E-state index contributed by atoms with van der Waals surface area (Å²) in [4.78, 5) is 11.8. The number of hydrogen-bond acceptors (Lipinski definition) is 2. The Labute approximate surface area is 113 Å². The molecule has 1 aromatic rings. The van der Waals surface area contributed by atoms with Crippen LogP contribution < -0.4 is 5.32 Å². The number of carbonyl (C=O) groups excluding carboxylic acids is 1. The van der Waals surface area contributed by atoms with E-state index in [4.69, 9.17) is 16.0 Å². The Morgan fingerprint density at radius 3 is 2.61 bits per heavy atom. The first-order valence-corrected chi connectivity index (χ1v) is 7.09. The van der Waals surface area contributed by atoms with Crippen molar-refractivity contribution in [2.24, 2.45) is 11.8 Å². The van der Waals surface area contributed by atoms with Crippen LogP contribution in [-0.2, 0) is 0 Å². The summed E-state index contributed by atoms with van der Waals surface area (Å²) in [6.07, 6.45) is 7.75. The Hall–Kier alpha value is -0.960. The normalized spacial score (nSPS) is 23.9. The molecule has 1 aliphatic carbocycles. The second-order valence-corrected chi connectivity index (χ2v) is 5.46. The third kappa shape index (κ3) is 3.29. The topological polar surface area (TPSA) is 42.2 Å². The summed E-state index contributed by atoms with van der Waals surface area (Å²) in [5, 5.41) is 3.11. The van der Waals surface area contributed by atoms with Crippen LogP contribution in [0, 0.1) is 11.8 Å². The van der Waals surface area contributed by atoms with Gasteiger partial charge >= 0.3 is 0 Å². The smallest absolute Gasteiger partial charge is 0.256 e. The summed E-state index contributed by atoms with van der Waals surface area (Å²) in [6, 6.07) is 1.60. The maximum atomic E-state index is 11.8. The number of rotatable bonds is 4. The highest BCUT2D eigenvalue weighted by Crippen LogP contribution is 2.30. The fraction of sp³-hybridized carbons (Fsp3) is 0.643. The van der Waals surface area contributed by atoms with Crippen LogP contribution in [0.1, 0.15) is 49.4 Å². The van der Waals surface area contributed by atoms with E-state index in [0.717, 1.165) is 12.5 Å². The SMILES string of the molecule is CCC1CCC(CNC(=O)c2ccoc2Cl)CC1. The van der Waals surface area contributed by atoms with Crippen molar-refractivity contribution < 1.29 is 9.21 Å². The van der Waals surface area contributed by atoms with E-state index in [1.807, 2.05) is 0 Å². The number of hydrogen-bond donors (Lipinski definition) is 1. The van der Waals surface area contributed by atoms with E-state index in [-0.39, 0.29) is 11.1 Å². The minimum absolute atomic E-state index is 0.133. The largest absolute Gasteiger partial charge is 0.452 e. The summed E-state index contributed by atoms with van der Waals surface area (Å²) >= 11 is 5.77. The van der Waals surface area contributed by atoms with Crippen LogP contribution in [0.2, 0.25) is 5.22 Å². The lowest BCUT2D eigenvalue weighted by Gasteiger charge is -2.27. The van der Waals surface area contributed by atoms with Gasteiger partial charge in [0.2, 0.25) is 5.22 Å². The van der Waals surface area contributed by atoms with E-state index < -0.39 is 0 Å². The van der Waals surface area contributed by atoms with E-state index in [1.165, 1.54) is 38.4 Å². The second kappa shape index (κ2) is 6.28. The van der Waals surface area contributed by atoms with Gasteiger partial charge in [0.15, 0.2) is 0 Å². The molecule has 0 spiro atoms. The third-order valence-corrected chi connectivity index (χ3v) is 4.25. The first-order chi connectivity index (χ1) is 8.70. The van der Waals surface area contributed by atoms with E-state index in [2.05, 4.69) is 12.2 Å². The molecule has 1 amide bonds. The van der Waals surface area contributed by atoms with Crippen LogP contribution >= 0.6 is 11.6 Å². The summed E-state index contributed by atoms with van der Waals surface area (Å²) in [5.41, 5.74) is 0.430. The zero-order valence-electron chi connectivity index (χ0n) is 10.7. The number of halogens is 1. The predicted molar refractivity (Wildman–Crippen MR) is 71.8 cm³/mol. The highest BCUT2D eigenvalue weighted by Gasteiger charge is 2.21. The quantitative estimate of drug-likeness (QED) is 0.901. The first-order valence-electron chi connectivity index (χ1n) is 6.72. The van der Waals surface area contributed by atoms with E-state index in [9.17, 15) is 4.79 Å². The highest BCUT2D eigenvalue weighted by molar-refractivity contribution is 6.32. The molecule has 1 saturated carbocycles. The van der Waals surface area contributed by atoms with Gasteiger partial charge in [0.05, 0.1) is 11.8 Å². The Bertz CT molecular complexity index is 394. The molecule has 0 saturated heterocycles. The van der Waals surface area contributed by atoms with Crippen LogP contribution in [0.3, 0.4) is 0 Å². The van der Waals surface area contributed by atoms with Gasteiger partial charge in [-0.25, -0.2) is 0 Å². The molecule has 0 bridgehead atoms. The zero-order valence-corrected chi connectivity index (χ0v) is 11.5. The number of furan rings is 1. The summed E-state index contributed by atoms with van der Waals surface area (Å²) in [7, 11) is 0. The zero-order chi connectivity index (χ0) is 13.0. The van der Waals surface area contributed by atoms with E-state index >= 15 is 0 Å². The van der Waals surface area contributed by atoms with E-state index in [0.29, 0.717) is 11.5 Å². The Kier molecular flexibility index (Phi) is 4.70. The van der Waals surface area contributed by atoms with Crippen molar-refractivity contribution in [3.8, 4) is 0 Å². The highest BCUT2D eigenvalue weighted by atomic mass is 35.5. The monoisotopic (exact) mass is 269 g/mol. The van der Waals surface area contributed by atoms with Gasteiger partial charge in [0.25, 0.3) is 5.91 Å². The molecule has 0 radical (unpaired) electrons. The summed E-state index contributed by atoms with van der Waals surface area (Å²) < 4.78 is 4.91. The molecule has 0 aromatic carbocycles. The van der Waals surface area contributed by atoms with Gasteiger partial charge in [0, 0.05) is 6.54 Å². The molecule has 0 atom stereocenters. The molecule has 1 aromatic heterocycles. The Balaban J connectivity index is 1.76. The van der Waals surface area contributed by atoms with Crippen molar-refractivity contribution in [1.82, 2.24) is 5.32 Å². The van der Waals surface area contributed by atoms with Gasteiger partial charge in [0.1, 0.15) is 0 Å². The number of carbonyl (C=O) groups is 1. The fourth-order valence-electron chi connectivity index (χ4n) is 2.63. The van der Waals surface area contributed by atoms with Gasteiger partial charge in [-0.2, -0.15) is 0 Å². The van der Waals surface area contributed by atoms with Gasteiger partial charge in [-0.05, 0) is 42.3 Å². The fourth-order valence-corrected chi connectivity index (χ4v) is 2.83. The van der Waals surface area contributed by atoms with Crippen molar-refractivity contribution >= 4 is 17.5 Å². The molecule has 0 aliphatic heterocycles. The number of amides is 1. The maximum absolute atomic E-state index is 11.8. The summed E-state index contributed by atoms with van der Waals surface area (Å²) in [5.74, 6) is 1.37. The standard InChI is InChI=1S/C14H20ClNO2/c1-2-10-3-5-11(6-4-10)9-16-14(17)12-7-8-18-13(12)15/h7-8,10-11H,2-6,9H2,1H3,(H,16,17). The molecule has 1 aliphatic rings. The van der Waals surface area contributed by atoms with Crippen molar-refractivity contribution in [3.05, 3.63) is 23.1 Å². The molecule has 2 rings (SSSR count). The second-order valence-electron chi connectivity index (χ2n) is 5.11. The molecular formula is C14H20ClNO2. The predicted octanol–water partition coefficient (Wildman–Crippen LogP) is 3.88. The lowest BCUT2D eigenvalue weighted by molar-refractivity contribution is 0.0941. The minimum atomic E-state index is -0.133.